The van der Waals surface area contributed by atoms with Crippen molar-refractivity contribution in [3.63, 3.8) is 0 Å². The average Bonchev–Trinajstić information content (AvgIpc) is 3.39. The van der Waals surface area contributed by atoms with Crippen LogP contribution in [-0.2, 0) is 5.41 Å². The van der Waals surface area contributed by atoms with E-state index in [-0.39, 0.29) is 29.0 Å². The lowest BCUT2D eigenvalue weighted by Gasteiger charge is -2.46. The van der Waals surface area contributed by atoms with Crippen molar-refractivity contribution in [3.8, 4) is 22.8 Å². The SMILES string of the molecule is CC(C)[C@@H](O)c1coc(-c2cncc(C34CCC(CC3)c3cc(-c5c(F)cccc5F)nnc34)n2)n1. The van der Waals surface area contributed by atoms with Gasteiger partial charge in [-0.1, -0.05) is 19.9 Å². The second-order valence-electron chi connectivity index (χ2n) is 10.0. The Bertz CT molecular complexity index is 1430. The lowest BCUT2D eigenvalue weighted by atomic mass is 9.58. The number of hydrogen-bond donors (Lipinski definition) is 1. The van der Waals surface area contributed by atoms with Gasteiger partial charge in [-0.3, -0.25) is 4.98 Å². The molecular weight excluding hydrogens is 464 g/mol. The number of nitrogens with zero attached hydrogens (tertiary/aromatic N) is 5. The molecule has 0 spiro atoms. The van der Waals surface area contributed by atoms with Crippen LogP contribution in [0.1, 0.15) is 74.2 Å². The van der Waals surface area contributed by atoms with Gasteiger partial charge in [0, 0.05) is 6.20 Å². The van der Waals surface area contributed by atoms with E-state index in [1.54, 1.807) is 18.5 Å². The Balaban J connectivity index is 1.41. The lowest BCUT2D eigenvalue weighted by molar-refractivity contribution is 0.122. The van der Waals surface area contributed by atoms with Crippen molar-refractivity contribution in [1.82, 2.24) is 25.1 Å². The van der Waals surface area contributed by atoms with E-state index < -0.39 is 23.2 Å². The number of oxazole rings is 1. The summed E-state index contributed by atoms with van der Waals surface area (Å²) in [7, 11) is 0. The van der Waals surface area contributed by atoms with E-state index >= 15 is 0 Å². The summed E-state index contributed by atoms with van der Waals surface area (Å²) in [5.74, 6) is -0.780. The summed E-state index contributed by atoms with van der Waals surface area (Å²) < 4.78 is 34.5. The summed E-state index contributed by atoms with van der Waals surface area (Å²) in [6, 6.07) is 5.57. The van der Waals surface area contributed by atoms with Gasteiger partial charge < -0.3 is 9.52 Å². The third-order valence-electron chi connectivity index (χ3n) is 7.57. The zero-order chi connectivity index (χ0) is 25.0. The first-order valence-corrected chi connectivity index (χ1v) is 12.2. The van der Waals surface area contributed by atoms with Crippen LogP contribution < -0.4 is 0 Å². The molecule has 36 heavy (non-hydrogen) atoms. The highest BCUT2D eigenvalue weighted by molar-refractivity contribution is 5.62. The molecule has 7 rings (SSSR count). The van der Waals surface area contributed by atoms with E-state index in [1.165, 1.54) is 24.5 Å². The normalized spacial score (nSPS) is 21.6. The Labute approximate surface area is 206 Å². The monoisotopic (exact) mass is 489 g/mol. The number of fused-ring (bicyclic) bond motifs is 2. The highest BCUT2D eigenvalue weighted by Crippen LogP contribution is 2.55. The van der Waals surface area contributed by atoms with Crippen LogP contribution in [0.3, 0.4) is 0 Å². The smallest absolute Gasteiger partial charge is 0.247 e. The third kappa shape index (κ3) is 3.52. The van der Waals surface area contributed by atoms with E-state index in [2.05, 4.69) is 20.2 Å². The summed E-state index contributed by atoms with van der Waals surface area (Å²) >= 11 is 0. The lowest BCUT2D eigenvalue weighted by Crippen LogP contribution is -2.41. The number of aliphatic hydroxyl groups is 1. The largest absolute Gasteiger partial charge is 0.443 e. The number of aliphatic hydroxyl groups excluding tert-OH is 1. The Morgan fingerprint density at radius 2 is 1.78 bits per heavy atom. The second-order valence-corrected chi connectivity index (χ2v) is 10.0. The number of rotatable bonds is 5. The predicted molar refractivity (Wildman–Crippen MR) is 127 cm³/mol. The Hall–Kier alpha value is -3.59. The van der Waals surface area contributed by atoms with Crippen molar-refractivity contribution in [2.75, 3.05) is 0 Å². The van der Waals surface area contributed by atoms with E-state index in [0.717, 1.165) is 42.6 Å². The van der Waals surface area contributed by atoms with Gasteiger partial charge in [0.1, 0.15) is 35.4 Å². The minimum Gasteiger partial charge on any atom is -0.443 e. The molecule has 0 aliphatic heterocycles. The number of benzene rings is 1. The van der Waals surface area contributed by atoms with Crippen molar-refractivity contribution in [2.45, 2.75) is 57.0 Å². The maximum absolute atomic E-state index is 14.4. The van der Waals surface area contributed by atoms with Gasteiger partial charge in [0.15, 0.2) is 0 Å². The Morgan fingerprint density at radius 1 is 1.03 bits per heavy atom. The quantitative estimate of drug-likeness (QED) is 0.395. The van der Waals surface area contributed by atoms with E-state index in [9.17, 15) is 13.9 Å². The van der Waals surface area contributed by atoms with Gasteiger partial charge in [0.2, 0.25) is 5.89 Å². The van der Waals surface area contributed by atoms with Crippen LogP contribution in [0.4, 0.5) is 8.78 Å². The minimum atomic E-state index is -0.735. The fraction of sp³-hybridized carbons (Fsp3) is 0.370. The molecule has 0 amide bonds. The van der Waals surface area contributed by atoms with Crippen molar-refractivity contribution in [2.24, 2.45) is 5.92 Å². The molecule has 7 nitrogen and oxygen atoms in total. The summed E-state index contributed by atoms with van der Waals surface area (Å²) in [4.78, 5) is 13.7. The minimum absolute atomic E-state index is 0.00511. The first-order chi connectivity index (χ1) is 17.4. The number of halogens is 2. The molecule has 0 unspecified atom stereocenters. The summed E-state index contributed by atoms with van der Waals surface area (Å²) in [5, 5.41) is 19.1. The van der Waals surface area contributed by atoms with Gasteiger partial charge in [-0.15, -0.1) is 5.10 Å². The maximum atomic E-state index is 14.4. The molecule has 1 saturated carbocycles. The Morgan fingerprint density at radius 3 is 2.50 bits per heavy atom. The number of aromatic nitrogens is 5. The summed E-state index contributed by atoms with van der Waals surface area (Å²) in [6.45, 7) is 3.81. The highest BCUT2D eigenvalue weighted by Gasteiger charge is 2.49. The molecule has 3 heterocycles. The van der Waals surface area contributed by atoms with Crippen LogP contribution in [0, 0.1) is 17.6 Å². The van der Waals surface area contributed by atoms with Crippen molar-refractivity contribution < 1.29 is 18.3 Å². The molecule has 3 aliphatic carbocycles. The van der Waals surface area contributed by atoms with Crippen LogP contribution in [0.5, 0.6) is 0 Å². The molecule has 4 aromatic rings. The van der Waals surface area contributed by atoms with E-state index in [4.69, 9.17) is 9.40 Å². The van der Waals surface area contributed by atoms with Crippen LogP contribution >= 0.6 is 0 Å². The molecule has 1 aromatic carbocycles. The molecule has 3 aromatic heterocycles. The van der Waals surface area contributed by atoms with Crippen LogP contribution in [0.2, 0.25) is 0 Å². The number of hydrogen-bond acceptors (Lipinski definition) is 7. The fourth-order valence-electron chi connectivity index (χ4n) is 5.57. The summed E-state index contributed by atoms with van der Waals surface area (Å²) in [6.07, 6.45) is 7.51. The van der Waals surface area contributed by atoms with Gasteiger partial charge in [0.25, 0.3) is 0 Å². The molecular formula is C27H25F2N5O2. The molecule has 1 fully saturated rings. The first kappa shape index (κ1) is 22.8. The zero-order valence-electron chi connectivity index (χ0n) is 19.9. The molecule has 0 saturated heterocycles. The maximum Gasteiger partial charge on any atom is 0.247 e. The van der Waals surface area contributed by atoms with E-state index in [1.807, 2.05) is 13.8 Å². The average molecular weight is 490 g/mol. The standard InChI is InChI=1S/C27H25F2N5O2/c1-14(2)24(35)21-13-36-26(32-21)20-11-30-12-22(31-20)27-8-6-15(7-9-27)16-10-19(33-34-25(16)27)23-17(28)4-3-5-18(23)29/h3-5,10-15,24,35H,6-9H2,1-2H3/t15?,24-,27?/m1/s1. The molecule has 2 bridgehead atoms. The van der Waals surface area contributed by atoms with Gasteiger partial charge in [-0.2, -0.15) is 5.10 Å². The Kier molecular flexibility index (Phi) is 5.40. The molecule has 1 atom stereocenters. The molecule has 0 radical (unpaired) electrons. The van der Waals surface area contributed by atoms with Gasteiger partial charge in [-0.05, 0) is 61.3 Å². The summed E-state index contributed by atoms with van der Waals surface area (Å²) in [5.41, 5.74) is 2.95. The topological polar surface area (TPSA) is 97.8 Å². The molecule has 184 valence electrons. The third-order valence-corrected chi connectivity index (χ3v) is 7.57. The molecule has 3 aliphatic rings. The highest BCUT2D eigenvalue weighted by atomic mass is 19.1. The zero-order valence-corrected chi connectivity index (χ0v) is 19.9. The first-order valence-electron chi connectivity index (χ1n) is 12.2. The van der Waals surface area contributed by atoms with Gasteiger partial charge >= 0.3 is 0 Å². The van der Waals surface area contributed by atoms with Crippen molar-refractivity contribution in [3.05, 3.63) is 77.2 Å². The fourth-order valence-corrected chi connectivity index (χ4v) is 5.57. The van der Waals surface area contributed by atoms with Crippen LogP contribution in [0.15, 0.2) is 47.3 Å². The molecule has 9 heteroatoms. The van der Waals surface area contributed by atoms with Crippen LogP contribution in [-0.4, -0.2) is 30.3 Å². The van der Waals surface area contributed by atoms with Crippen LogP contribution in [0.25, 0.3) is 22.8 Å². The van der Waals surface area contributed by atoms with E-state index in [0.29, 0.717) is 11.4 Å². The second kappa shape index (κ2) is 8.51. The van der Waals surface area contributed by atoms with Crippen molar-refractivity contribution >= 4 is 0 Å². The van der Waals surface area contributed by atoms with Gasteiger partial charge in [0.05, 0.1) is 34.3 Å². The van der Waals surface area contributed by atoms with Crippen molar-refractivity contribution in [1.29, 1.82) is 0 Å². The van der Waals surface area contributed by atoms with Gasteiger partial charge in [-0.25, -0.2) is 18.7 Å². The molecule has 1 N–H and O–H groups in total. The predicted octanol–water partition coefficient (Wildman–Crippen LogP) is 5.51.